The van der Waals surface area contributed by atoms with Crippen molar-refractivity contribution < 1.29 is 52.4 Å². The molecule has 0 saturated carbocycles. The molecule has 31 heavy (non-hydrogen) atoms. The van der Waals surface area contributed by atoms with Crippen molar-refractivity contribution in [2.24, 2.45) is 5.28 Å². The molecule has 2 atom stereocenters. The molecule has 2 N–H and O–H groups in total. The third-order valence-electron chi connectivity index (χ3n) is 4.02. The van der Waals surface area contributed by atoms with Crippen LogP contribution in [0.3, 0.4) is 0 Å². The maximum absolute atomic E-state index is 13.5. The van der Waals surface area contributed by atoms with Gasteiger partial charge in [-0.1, -0.05) is 11.6 Å². The predicted octanol–water partition coefficient (Wildman–Crippen LogP) is 2.62. The van der Waals surface area contributed by atoms with Crippen LogP contribution in [0.25, 0.3) is 6.08 Å². The van der Waals surface area contributed by atoms with Gasteiger partial charge in [0.2, 0.25) is 6.10 Å². The number of aliphatic carboxylic acids is 1. The van der Waals surface area contributed by atoms with Crippen LogP contribution in [-0.4, -0.2) is 64.4 Å². The van der Waals surface area contributed by atoms with E-state index in [0.29, 0.717) is 11.1 Å². The first-order valence-electron chi connectivity index (χ1n) is 8.85. The fourth-order valence-corrected chi connectivity index (χ4v) is 2.76. The largest absolute Gasteiger partial charge is 0.480 e. The Morgan fingerprint density at radius 3 is 2.58 bits per heavy atom. The fourth-order valence-electron chi connectivity index (χ4n) is 2.76. The van der Waals surface area contributed by atoms with Crippen LogP contribution >= 0.6 is 0 Å². The number of fused-ring (bicyclic) bond motifs is 1. The Labute approximate surface area is 174 Å². The monoisotopic (exact) mass is 448 g/mol. The number of carbonyl (C=O) groups is 2. The lowest BCUT2D eigenvalue weighted by Crippen LogP contribution is -2.41. The SMILES string of the molecule is Cc1cc(C)c2c(c1)C=C(C(=O)OC(C)O/N=[N+](\O)N(C)CC(=O)O)[C@@H](C(F)(F)F)O2. The Morgan fingerprint density at radius 2 is 2.00 bits per heavy atom. The number of carboxylic acids is 1. The molecule has 0 spiro atoms. The van der Waals surface area contributed by atoms with Gasteiger partial charge < -0.3 is 14.6 Å². The van der Waals surface area contributed by atoms with Crippen molar-refractivity contribution in [3.05, 3.63) is 34.4 Å². The van der Waals surface area contributed by atoms with Crippen LogP contribution in [0.2, 0.25) is 0 Å². The van der Waals surface area contributed by atoms with Gasteiger partial charge in [0.15, 0.2) is 6.54 Å². The highest BCUT2D eigenvalue weighted by Crippen LogP contribution is 2.39. The maximum atomic E-state index is 13.5. The molecule has 1 aromatic rings. The summed E-state index contributed by atoms with van der Waals surface area (Å²) in [6.07, 6.45) is -7.91. The minimum atomic E-state index is -4.89. The van der Waals surface area contributed by atoms with E-state index >= 15 is 0 Å². The number of nitrogens with zero attached hydrogens (tertiary/aromatic N) is 3. The number of hydrogen-bond acceptors (Lipinski definition) is 6. The second-order valence-corrected chi connectivity index (χ2v) is 6.78. The number of hydrogen-bond donors (Lipinski definition) is 2. The van der Waals surface area contributed by atoms with Crippen molar-refractivity contribution in [1.29, 1.82) is 0 Å². The Morgan fingerprint density at radius 1 is 1.35 bits per heavy atom. The van der Waals surface area contributed by atoms with Gasteiger partial charge in [-0.05, 0) is 31.6 Å². The molecule has 1 aromatic carbocycles. The average Bonchev–Trinajstić information content (AvgIpc) is 2.63. The van der Waals surface area contributed by atoms with E-state index in [9.17, 15) is 28.0 Å². The molecule has 13 heteroatoms. The van der Waals surface area contributed by atoms with Gasteiger partial charge in [0.1, 0.15) is 5.75 Å². The summed E-state index contributed by atoms with van der Waals surface area (Å²) in [5, 5.41) is 22.0. The molecule has 0 bridgehead atoms. The Kier molecular flexibility index (Phi) is 6.98. The topological polar surface area (TPSA) is 121 Å². The van der Waals surface area contributed by atoms with Crippen molar-refractivity contribution in [3.63, 3.8) is 0 Å². The van der Waals surface area contributed by atoms with Gasteiger partial charge in [-0.2, -0.15) is 13.2 Å². The van der Waals surface area contributed by atoms with Crippen molar-refractivity contribution >= 4 is 18.0 Å². The number of benzene rings is 1. The number of esters is 1. The zero-order valence-corrected chi connectivity index (χ0v) is 17.0. The van der Waals surface area contributed by atoms with Gasteiger partial charge in [0.25, 0.3) is 16.5 Å². The van der Waals surface area contributed by atoms with E-state index < -0.39 is 42.6 Å². The molecule has 0 aliphatic carbocycles. The summed E-state index contributed by atoms with van der Waals surface area (Å²) in [6.45, 7) is 3.85. The first-order valence-corrected chi connectivity index (χ1v) is 8.85. The molecule has 1 aliphatic heterocycles. The fraction of sp³-hybridized carbons (Fsp3) is 0.444. The van der Waals surface area contributed by atoms with Gasteiger partial charge >= 0.3 is 18.1 Å². The third kappa shape index (κ3) is 5.99. The average molecular weight is 448 g/mol. The zero-order valence-electron chi connectivity index (χ0n) is 17.0. The van der Waals surface area contributed by atoms with Gasteiger partial charge in [0, 0.05) is 12.5 Å². The molecular formula is C18H21F3N3O7+. The minimum Gasteiger partial charge on any atom is -0.480 e. The zero-order chi connectivity index (χ0) is 23.5. The number of rotatable bonds is 7. The van der Waals surface area contributed by atoms with Crippen LogP contribution in [0.5, 0.6) is 5.75 Å². The van der Waals surface area contributed by atoms with Gasteiger partial charge in [0.05, 0.1) is 12.6 Å². The van der Waals surface area contributed by atoms with E-state index in [1.807, 2.05) is 0 Å². The molecule has 2 rings (SSSR count). The Bertz CT molecular complexity index is 931. The molecule has 1 unspecified atom stereocenters. The Hall–Kier alpha value is -3.51. The van der Waals surface area contributed by atoms with E-state index in [1.54, 1.807) is 26.0 Å². The van der Waals surface area contributed by atoms with Crippen LogP contribution in [0.1, 0.15) is 23.6 Å². The number of carbonyl (C=O) groups excluding carboxylic acids is 1. The van der Waals surface area contributed by atoms with Crippen LogP contribution in [0, 0.1) is 13.8 Å². The lowest BCUT2D eigenvalue weighted by Gasteiger charge is -2.29. The molecule has 0 radical (unpaired) electrons. The van der Waals surface area contributed by atoms with E-state index in [-0.39, 0.29) is 10.7 Å². The molecular weight excluding hydrogens is 427 g/mol. The molecule has 0 amide bonds. The summed E-state index contributed by atoms with van der Waals surface area (Å²) in [4.78, 5) is 27.7. The van der Waals surface area contributed by atoms with Gasteiger partial charge in [-0.15, -0.1) is 5.01 Å². The van der Waals surface area contributed by atoms with Gasteiger partial charge in [-0.3, -0.25) is 9.63 Å². The van der Waals surface area contributed by atoms with E-state index in [0.717, 1.165) is 30.6 Å². The molecule has 0 aromatic heterocycles. The lowest BCUT2D eigenvalue weighted by molar-refractivity contribution is -0.938. The standard InChI is InChI=1S/C18H20F3N3O7/c1-9-5-10(2)15-12(6-9)7-13(16(30-15)18(19,20)21)17(27)29-11(3)31-22-24(28)23(4)8-14(25)26/h5-7,11,16H,8H2,1-4H3,(H-,22,25,26,28)/p+1/t11?,16-/m0/s1. The van der Waals surface area contributed by atoms with Crippen LogP contribution in [0.4, 0.5) is 13.2 Å². The number of alkyl halides is 3. The van der Waals surface area contributed by atoms with Crippen molar-refractivity contribution in [1.82, 2.24) is 5.01 Å². The molecule has 10 nitrogen and oxygen atoms in total. The smallest absolute Gasteiger partial charge is 0.430 e. The minimum absolute atomic E-state index is 0.0150. The number of halogens is 3. The quantitative estimate of drug-likeness (QED) is 0.215. The summed E-state index contributed by atoms with van der Waals surface area (Å²) < 4.78 is 50.5. The highest BCUT2D eigenvalue weighted by atomic mass is 19.4. The van der Waals surface area contributed by atoms with Gasteiger partial charge in [-0.25, -0.2) is 10.0 Å². The van der Waals surface area contributed by atoms with Crippen LogP contribution in [-0.2, 0) is 19.2 Å². The number of carboxylic acid groups (broad SMARTS) is 1. The van der Waals surface area contributed by atoms with Crippen LogP contribution in [0.15, 0.2) is 23.0 Å². The molecule has 1 heterocycles. The summed E-state index contributed by atoms with van der Waals surface area (Å²) in [5.41, 5.74) is 0.750. The first kappa shape index (κ1) is 23.8. The Balaban J connectivity index is 2.21. The number of hydrazine groups is 1. The first-order chi connectivity index (χ1) is 14.3. The molecule has 0 fully saturated rings. The summed E-state index contributed by atoms with van der Waals surface area (Å²) in [6, 6.07) is 3.22. The van der Waals surface area contributed by atoms with E-state index in [1.165, 1.54) is 0 Å². The normalized spacial score (nSPS) is 17.1. The maximum Gasteiger partial charge on any atom is 0.430 e. The highest BCUT2D eigenvalue weighted by Gasteiger charge is 2.49. The van der Waals surface area contributed by atoms with Crippen LogP contribution < -0.4 is 4.74 Å². The molecule has 0 saturated heterocycles. The lowest BCUT2D eigenvalue weighted by atomic mass is 9.97. The van der Waals surface area contributed by atoms with Crippen molar-refractivity contribution in [3.8, 4) is 5.75 Å². The van der Waals surface area contributed by atoms with Crippen molar-refractivity contribution in [2.45, 2.75) is 39.3 Å². The second kappa shape index (κ2) is 9.10. The highest BCUT2D eigenvalue weighted by molar-refractivity contribution is 5.96. The van der Waals surface area contributed by atoms with E-state index in [2.05, 4.69) is 10.1 Å². The second-order valence-electron chi connectivity index (χ2n) is 6.78. The summed E-state index contributed by atoms with van der Waals surface area (Å²) in [7, 11) is 1.16. The summed E-state index contributed by atoms with van der Waals surface area (Å²) in [5.74, 6) is -2.62. The predicted molar refractivity (Wildman–Crippen MR) is 95.7 cm³/mol. The number of ether oxygens (including phenoxy) is 2. The molecule has 1 aliphatic rings. The summed E-state index contributed by atoms with van der Waals surface area (Å²) >= 11 is 0. The number of likely N-dealkylation sites (N-methyl/N-ethyl adjacent to an activating group) is 1. The third-order valence-corrected chi connectivity index (χ3v) is 4.02. The van der Waals surface area contributed by atoms with Crippen molar-refractivity contribution in [2.75, 3.05) is 13.6 Å². The molecule has 170 valence electrons. The number of aryl methyl sites for hydroxylation is 2. The van der Waals surface area contributed by atoms with E-state index in [4.69, 9.17) is 14.6 Å².